The molecule has 0 spiro atoms. The number of halogens is 2. The van der Waals surface area contributed by atoms with Crippen LogP contribution in [0.4, 0.5) is 8.78 Å². The van der Waals surface area contributed by atoms with E-state index >= 15 is 0 Å². The Balaban J connectivity index is 2.57. The van der Waals surface area contributed by atoms with Gasteiger partial charge in [0.2, 0.25) is 0 Å². The number of thiophene rings is 1. The van der Waals surface area contributed by atoms with Crippen molar-refractivity contribution >= 4 is 27.5 Å². The Morgan fingerprint density at radius 1 is 1.47 bits per heavy atom. The molecule has 0 atom stereocenters. The number of aromatic carboxylic acids is 1. The summed E-state index contributed by atoms with van der Waals surface area (Å²) in [5.74, 6) is -1.12. The standard InChI is InChI=1S/C9H5F2NO2S/c10-7(11)6-2-4-1-5(9(13)14)3-12-8(4)15-6/h1-3,7H,(H,13,14). The first kappa shape index (κ1) is 9.97. The van der Waals surface area contributed by atoms with Crippen molar-refractivity contribution in [1.82, 2.24) is 4.98 Å². The number of pyridine rings is 1. The average molecular weight is 229 g/mol. The van der Waals surface area contributed by atoms with Crippen LogP contribution in [0.25, 0.3) is 10.2 Å². The SMILES string of the molecule is O=C(O)c1cnc2sc(C(F)F)cc2c1. The van der Waals surface area contributed by atoms with Crippen LogP contribution in [-0.4, -0.2) is 16.1 Å². The van der Waals surface area contributed by atoms with Gasteiger partial charge >= 0.3 is 5.97 Å². The van der Waals surface area contributed by atoms with E-state index in [1.165, 1.54) is 12.1 Å². The van der Waals surface area contributed by atoms with Crippen LogP contribution in [0.2, 0.25) is 0 Å². The van der Waals surface area contributed by atoms with Gasteiger partial charge in [0, 0.05) is 11.6 Å². The first-order valence-corrected chi connectivity index (χ1v) is 4.80. The quantitative estimate of drug-likeness (QED) is 0.861. The molecule has 0 amide bonds. The molecule has 0 fully saturated rings. The number of fused-ring (bicyclic) bond motifs is 1. The molecular formula is C9H5F2NO2S. The molecule has 0 aliphatic carbocycles. The third-order valence-electron chi connectivity index (χ3n) is 1.85. The van der Waals surface area contributed by atoms with Crippen molar-refractivity contribution in [2.45, 2.75) is 6.43 Å². The van der Waals surface area contributed by atoms with Crippen molar-refractivity contribution in [2.24, 2.45) is 0 Å². The van der Waals surface area contributed by atoms with E-state index in [9.17, 15) is 13.6 Å². The molecule has 78 valence electrons. The number of hydrogen-bond donors (Lipinski definition) is 1. The number of alkyl halides is 2. The van der Waals surface area contributed by atoms with Crippen LogP contribution in [0, 0.1) is 0 Å². The van der Waals surface area contributed by atoms with Gasteiger partial charge in [-0.3, -0.25) is 0 Å². The van der Waals surface area contributed by atoms with E-state index in [2.05, 4.69) is 4.98 Å². The summed E-state index contributed by atoms with van der Waals surface area (Å²) in [6, 6.07) is 2.61. The molecule has 0 radical (unpaired) electrons. The first-order valence-electron chi connectivity index (χ1n) is 3.99. The van der Waals surface area contributed by atoms with Gasteiger partial charge in [-0.2, -0.15) is 0 Å². The van der Waals surface area contributed by atoms with Gasteiger partial charge in [-0.1, -0.05) is 0 Å². The summed E-state index contributed by atoms with van der Waals surface area (Å²) in [5, 5.41) is 9.12. The molecule has 0 aliphatic heterocycles. The van der Waals surface area contributed by atoms with Crippen LogP contribution in [0.5, 0.6) is 0 Å². The minimum Gasteiger partial charge on any atom is -0.478 e. The third-order valence-corrected chi connectivity index (χ3v) is 2.92. The smallest absolute Gasteiger partial charge is 0.337 e. The number of carboxylic acids is 1. The second-order valence-corrected chi connectivity index (χ2v) is 3.94. The summed E-state index contributed by atoms with van der Waals surface area (Å²) in [6.07, 6.45) is -1.38. The largest absolute Gasteiger partial charge is 0.478 e. The molecule has 0 bridgehead atoms. The van der Waals surface area contributed by atoms with Crippen LogP contribution < -0.4 is 0 Å². The van der Waals surface area contributed by atoms with E-state index in [0.717, 1.165) is 17.5 Å². The maximum absolute atomic E-state index is 12.3. The summed E-state index contributed by atoms with van der Waals surface area (Å²) < 4.78 is 24.7. The van der Waals surface area contributed by atoms with E-state index in [1.807, 2.05) is 0 Å². The zero-order valence-electron chi connectivity index (χ0n) is 7.28. The maximum Gasteiger partial charge on any atom is 0.337 e. The molecule has 15 heavy (non-hydrogen) atoms. The highest BCUT2D eigenvalue weighted by Gasteiger charge is 2.13. The molecule has 0 aromatic carbocycles. The predicted molar refractivity (Wildman–Crippen MR) is 51.5 cm³/mol. The van der Waals surface area contributed by atoms with E-state index in [0.29, 0.717) is 10.2 Å². The van der Waals surface area contributed by atoms with Gasteiger partial charge in [0.15, 0.2) is 0 Å². The molecular weight excluding hydrogens is 224 g/mol. The van der Waals surface area contributed by atoms with Crippen LogP contribution in [-0.2, 0) is 0 Å². The number of carboxylic acid groups (broad SMARTS) is 1. The average Bonchev–Trinajstić information content (AvgIpc) is 2.59. The third kappa shape index (κ3) is 1.80. The highest BCUT2D eigenvalue weighted by Crippen LogP contribution is 2.31. The van der Waals surface area contributed by atoms with Crippen molar-refractivity contribution in [3.05, 3.63) is 28.8 Å². The molecule has 2 aromatic heterocycles. The lowest BCUT2D eigenvalue weighted by atomic mass is 10.2. The molecule has 0 saturated carbocycles. The molecule has 6 heteroatoms. The predicted octanol–water partition coefficient (Wildman–Crippen LogP) is 2.93. The minimum atomic E-state index is -2.54. The number of hydrogen-bond acceptors (Lipinski definition) is 3. The van der Waals surface area contributed by atoms with Crippen molar-refractivity contribution in [2.75, 3.05) is 0 Å². The van der Waals surface area contributed by atoms with Crippen LogP contribution in [0.15, 0.2) is 18.3 Å². The van der Waals surface area contributed by atoms with Crippen LogP contribution >= 0.6 is 11.3 Å². The van der Waals surface area contributed by atoms with E-state index < -0.39 is 12.4 Å². The van der Waals surface area contributed by atoms with E-state index in [4.69, 9.17) is 5.11 Å². The highest BCUT2D eigenvalue weighted by molar-refractivity contribution is 7.18. The topological polar surface area (TPSA) is 50.2 Å². The van der Waals surface area contributed by atoms with Gasteiger partial charge in [-0.15, -0.1) is 11.3 Å². The number of rotatable bonds is 2. The first-order chi connectivity index (χ1) is 7.08. The number of carbonyl (C=O) groups is 1. The van der Waals surface area contributed by atoms with Gasteiger partial charge in [0.05, 0.1) is 10.4 Å². The zero-order chi connectivity index (χ0) is 11.0. The van der Waals surface area contributed by atoms with Gasteiger partial charge in [0.25, 0.3) is 6.43 Å². The molecule has 3 nitrogen and oxygen atoms in total. The second kappa shape index (κ2) is 3.54. The lowest BCUT2D eigenvalue weighted by Gasteiger charge is -1.92. The molecule has 0 aliphatic rings. The minimum absolute atomic E-state index is 0.00103. The van der Waals surface area contributed by atoms with Crippen molar-refractivity contribution < 1.29 is 18.7 Å². The normalized spacial score (nSPS) is 11.1. The number of nitrogens with zero attached hydrogens (tertiary/aromatic N) is 1. The molecule has 1 N–H and O–H groups in total. The van der Waals surface area contributed by atoms with Crippen LogP contribution in [0.3, 0.4) is 0 Å². The fraction of sp³-hybridized carbons (Fsp3) is 0.111. The summed E-state index contributed by atoms with van der Waals surface area (Å²) in [4.78, 5) is 14.7. The van der Waals surface area contributed by atoms with Crippen molar-refractivity contribution in [3.63, 3.8) is 0 Å². The Hall–Kier alpha value is -1.56. The fourth-order valence-corrected chi connectivity index (χ4v) is 2.02. The van der Waals surface area contributed by atoms with E-state index in [-0.39, 0.29) is 10.4 Å². The fourth-order valence-electron chi connectivity index (χ4n) is 1.18. The van der Waals surface area contributed by atoms with Gasteiger partial charge in [-0.05, 0) is 12.1 Å². The van der Waals surface area contributed by atoms with Crippen LogP contribution in [0.1, 0.15) is 21.7 Å². The highest BCUT2D eigenvalue weighted by atomic mass is 32.1. The summed E-state index contributed by atoms with van der Waals surface area (Å²) in [6.45, 7) is 0. The molecule has 2 rings (SSSR count). The second-order valence-electron chi connectivity index (χ2n) is 2.87. The van der Waals surface area contributed by atoms with Crippen molar-refractivity contribution in [1.29, 1.82) is 0 Å². The molecule has 2 heterocycles. The van der Waals surface area contributed by atoms with Gasteiger partial charge in [0.1, 0.15) is 4.83 Å². The van der Waals surface area contributed by atoms with E-state index in [1.54, 1.807) is 0 Å². The Morgan fingerprint density at radius 2 is 2.20 bits per heavy atom. The Morgan fingerprint density at radius 3 is 2.80 bits per heavy atom. The molecule has 0 saturated heterocycles. The molecule has 0 unspecified atom stereocenters. The Labute approximate surface area is 87.0 Å². The summed E-state index contributed by atoms with van der Waals surface area (Å²) >= 11 is 0.872. The lowest BCUT2D eigenvalue weighted by Crippen LogP contribution is -1.95. The van der Waals surface area contributed by atoms with Crippen molar-refractivity contribution in [3.8, 4) is 0 Å². The zero-order valence-corrected chi connectivity index (χ0v) is 8.09. The van der Waals surface area contributed by atoms with Gasteiger partial charge < -0.3 is 5.11 Å². The number of aromatic nitrogens is 1. The summed E-state index contributed by atoms with van der Waals surface area (Å²) in [7, 11) is 0. The molecule has 2 aromatic rings. The Bertz CT molecular complexity index is 524. The lowest BCUT2D eigenvalue weighted by molar-refractivity contribution is 0.0696. The Kier molecular flexibility index (Phi) is 2.36. The monoisotopic (exact) mass is 229 g/mol. The maximum atomic E-state index is 12.3. The van der Waals surface area contributed by atoms with Gasteiger partial charge in [-0.25, -0.2) is 18.6 Å². The summed E-state index contributed by atoms with van der Waals surface area (Å²) in [5.41, 5.74) is 0.00103.